The Morgan fingerprint density at radius 2 is 1.80 bits per heavy atom. The van der Waals surface area contributed by atoms with Crippen LogP contribution in [-0.2, 0) is 0 Å². The highest BCUT2D eigenvalue weighted by molar-refractivity contribution is 5.49. The van der Waals surface area contributed by atoms with Gasteiger partial charge in [-0.2, -0.15) is 0 Å². The lowest BCUT2D eigenvalue weighted by atomic mass is 10.1. The first kappa shape index (κ1) is 16.2. The number of aliphatic hydroxyl groups excluding tert-OH is 1. The van der Waals surface area contributed by atoms with Gasteiger partial charge in [0.25, 0.3) is 0 Å². The largest absolute Gasteiger partial charge is 0.454 e. The number of hydrogen-bond donors (Lipinski definition) is 1. The molecule has 0 aromatic heterocycles. The van der Waals surface area contributed by atoms with E-state index in [1.807, 2.05) is 18.2 Å². The summed E-state index contributed by atoms with van der Waals surface area (Å²) in [6, 6.07) is 14.3. The number of rotatable bonds is 4. The summed E-state index contributed by atoms with van der Waals surface area (Å²) in [7, 11) is 0. The number of aliphatic hydroxyl groups is 1. The van der Waals surface area contributed by atoms with E-state index in [1.54, 1.807) is 0 Å². The van der Waals surface area contributed by atoms with Crippen molar-refractivity contribution in [2.45, 2.75) is 13.0 Å². The standard InChI is InChI=1S/C20H24N2O3/c1-15-3-2-4-17(11-15)22-9-7-21(8-10-22)13-18(23)16-5-6-19-20(12-16)25-14-24-19/h2-6,11-12,18,23H,7-10,13-14H2,1H3. The minimum Gasteiger partial charge on any atom is -0.454 e. The van der Waals surface area contributed by atoms with Crippen LogP contribution in [0.2, 0.25) is 0 Å². The first-order chi connectivity index (χ1) is 12.2. The van der Waals surface area contributed by atoms with E-state index < -0.39 is 6.10 Å². The van der Waals surface area contributed by atoms with Crippen LogP contribution in [0, 0.1) is 6.92 Å². The fourth-order valence-corrected chi connectivity index (χ4v) is 3.48. The smallest absolute Gasteiger partial charge is 0.231 e. The molecule has 1 saturated heterocycles. The van der Waals surface area contributed by atoms with Crippen LogP contribution in [-0.4, -0.2) is 49.5 Å². The van der Waals surface area contributed by atoms with Gasteiger partial charge in [-0.25, -0.2) is 0 Å². The minimum absolute atomic E-state index is 0.260. The topological polar surface area (TPSA) is 45.2 Å². The Hall–Kier alpha value is -2.24. The Morgan fingerprint density at radius 1 is 1.00 bits per heavy atom. The van der Waals surface area contributed by atoms with Crippen molar-refractivity contribution in [3.8, 4) is 11.5 Å². The average molecular weight is 340 g/mol. The molecule has 1 N–H and O–H groups in total. The fraction of sp³-hybridized carbons (Fsp3) is 0.400. The third-order valence-electron chi connectivity index (χ3n) is 4.95. The summed E-state index contributed by atoms with van der Waals surface area (Å²) in [5.74, 6) is 1.48. The van der Waals surface area contributed by atoms with Gasteiger partial charge >= 0.3 is 0 Å². The number of piperazine rings is 1. The molecule has 4 rings (SSSR count). The normalized spacial score (nSPS) is 18.4. The molecule has 0 bridgehead atoms. The van der Waals surface area contributed by atoms with E-state index in [0.29, 0.717) is 6.54 Å². The van der Waals surface area contributed by atoms with Gasteiger partial charge in [-0.1, -0.05) is 18.2 Å². The van der Waals surface area contributed by atoms with Crippen LogP contribution in [0.4, 0.5) is 5.69 Å². The summed E-state index contributed by atoms with van der Waals surface area (Å²) in [6.45, 7) is 6.90. The zero-order valence-electron chi connectivity index (χ0n) is 14.5. The van der Waals surface area contributed by atoms with Crippen LogP contribution < -0.4 is 14.4 Å². The van der Waals surface area contributed by atoms with Crippen molar-refractivity contribution < 1.29 is 14.6 Å². The maximum absolute atomic E-state index is 10.6. The number of ether oxygens (including phenoxy) is 2. The molecule has 0 radical (unpaired) electrons. The summed E-state index contributed by atoms with van der Waals surface area (Å²) in [5, 5.41) is 10.6. The van der Waals surface area contributed by atoms with E-state index in [4.69, 9.17) is 9.47 Å². The second-order valence-electron chi connectivity index (χ2n) is 6.76. The van der Waals surface area contributed by atoms with Crippen LogP contribution in [0.5, 0.6) is 11.5 Å². The molecule has 132 valence electrons. The zero-order chi connectivity index (χ0) is 17.2. The fourth-order valence-electron chi connectivity index (χ4n) is 3.48. The van der Waals surface area contributed by atoms with Gasteiger partial charge in [0.15, 0.2) is 11.5 Å². The highest BCUT2D eigenvalue weighted by Crippen LogP contribution is 2.34. The molecule has 1 atom stereocenters. The molecular weight excluding hydrogens is 316 g/mol. The van der Waals surface area contributed by atoms with E-state index in [0.717, 1.165) is 43.2 Å². The molecule has 1 fully saturated rings. The highest BCUT2D eigenvalue weighted by Gasteiger charge is 2.22. The SMILES string of the molecule is Cc1cccc(N2CCN(CC(O)c3ccc4c(c3)OCO4)CC2)c1. The number of nitrogens with zero attached hydrogens (tertiary/aromatic N) is 2. The quantitative estimate of drug-likeness (QED) is 0.927. The van der Waals surface area contributed by atoms with Gasteiger partial charge in [-0.3, -0.25) is 4.90 Å². The molecule has 2 heterocycles. The lowest BCUT2D eigenvalue weighted by molar-refractivity contribution is 0.109. The van der Waals surface area contributed by atoms with Crippen molar-refractivity contribution >= 4 is 5.69 Å². The Bertz CT molecular complexity index is 741. The second kappa shape index (κ2) is 6.94. The Kier molecular flexibility index (Phi) is 4.51. The third-order valence-corrected chi connectivity index (χ3v) is 4.95. The van der Waals surface area contributed by atoms with E-state index in [-0.39, 0.29) is 6.79 Å². The van der Waals surface area contributed by atoms with Crippen LogP contribution >= 0.6 is 0 Å². The lowest BCUT2D eigenvalue weighted by Gasteiger charge is -2.37. The molecule has 25 heavy (non-hydrogen) atoms. The number of aryl methyl sites for hydroxylation is 1. The van der Waals surface area contributed by atoms with Crippen molar-refractivity contribution in [1.29, 1.82) is 0 Å². The van der Waals surface area contributed by atoms with Crippen LogP contribution in [0.3, 0.4) is 0 Å². The molecule has 2 aliphatic rings. The van der Waals surface area contributed by atoms with Crippen molar-refractivity contribution in [2.24, 2.45) is 0 Å². The number of benzene rings is 2. The lowest BCUT2D eigenvalue weighted by Crippen LogP contribution is -2.47. The second-order valence-corrected chi connectivity index (χ2v) is 6.76. The molecule has 2 aromatic rings. The maximum Gasteiger partial charge on any atom is 0.231 e. The molecule has 2 aromatic carbocycles. The average Bonchev–Trinajstić information content (AvgIpc) is 3.10. The van der Waals surface area contributed by atoms with Crippen molar-refractivity contribution in [3.05, 3.63) is 53.6 Å². The first-order valence-corrected chi connectivity index (χ1v) is 8.80. The zero-order valence-corrected chi connectivity index (χ0v) is 14.5. The number of β-amino-alcohol motifs (C(OH)–C–C–N with tert-alkyl or cyclic N) is 1. The predicted octanol–water partition coefficient (Wildman–Crippen LogP) is 2.58. The third kappa shape index (κ3) is 3.57. The molecule has 0 aliphatic carbocycles. The molecule has 0 amide bonds. The molecule has 5 heteroatoms. The van der Waals surface area contributed by atoms with Gasteiger partial charge in [0.05, 0.1) is 6.10 Å². The van der Waals surface area contributed by atoms with Crippen LogP contribution in [0.1, 0.15) is 17.2 Å². The summed E-state index contributed by atoms with van der Waals surface area (Å²) >= 11 is 0. The number of hydrogen-bond acceptors (Lipinski definition) is 5. The summed E-state index contributed by atoms with van der Waals surface area (Å²) < 4.78 is 10.7. The Morgan fingerprint density at radius 3 is 2.60 bits per heavy atom. The molecule has 2 aliphatic heterocycles. The first-order valence-electron chi connectivity index (χ1n) is 8.80. The number of anilines is 1. The molecule has 0 saturated carbocycles. The van der Waals surface area contributed by atoms with Crippen LogP contribution in [0.25, 0.3) is 0 Å². The molecule has 1 unspecified atom stereocenters. The monoisotopic (exact) mass is 340 g/mol. The molecule has 5 nitrogen and oxygen atoms in total. The van der Waals surface area contributed by atoms with Crippen molar-refractivity contribution in [2.75, 3.05) is 44.4 Å². The minimum atomic E-state index is -0.514. The van der Waals surface area contributed by atoms with Gasteiger partial charge in [0.2, 0.25) is 6.79 Å². The van der Waals surface area contributed by atoms with E-state index in [2.05, 4.69) is 41.0 Å². The van der Waals surface area contributed by atoms with Crippen molar-refractivity contribution in [3.63, 3.8) is 0 Å². The molecular formula is C20H24N2O3. The Balaban J connectivity index is 1.34. The van der Waals surface area contributed by atoms with Gasteiger partial charge in [-0.05, 0) is 42.3 Å². The maximum atomic E-state index is 10.6. The van der Waals surface area contributed by atoms with Crippen LogP contribution in [0.15, 0.2) is 42.5 Å². The Labute approximate surface area is 148 Å². The number of fused-ring (bicyclic) bond motifs is 1. The van der Waals surface area contributed by atoms with E-state index in [1.165, 1.54) is 11.3 Å². The van der Waals surface area contributed by atoms with E-state index >= 15 is 0 Å². The van der Waals surface area contributed by atoms with Gasteiger partial charge in [0, 0.05) is 38.4 Å². The van der Waals surface area contributed by atoms with Gasteiger partial charge in [-0.15, -0.1) is 0 Å². The summed E-state index contributed by atoms with van der Waals surface area (Å²) in [6.07, 6.45) is -0.514. The van der Waals surface area contributed by atoms with E-state index in [9.17, 15) is 5.11 Å². The van der Waals surface area contributed by atoms with Gasteiger partial charge < -0.3 is 19.5 Å². The highest BCUT2D eigenvalue weighted by atomic mass is 16.7. The summed E-state index contributed by atoms with van der Waals surface area (Å²) in [4.78, 5) is 4.73. The van der Waals surface area contributed by atoms with Gasteiger partial charge in [0.1, 0.15) is 0 Å². The predicted molar refractivity (Wildman–Crippen MR) is 97.4 cm³/mol. The summed E-state index contributed by atoms with van der Waals surface area (Å²) in [5.41, 5.74) is 3.46. The molecule has 0 spiro atoms. The van der Waals surface area contributed by atoms with Crippen molar-refractivity contribution in [1.82, 2.24) is 4.90 Å².